The largest absolute Gasteiger partial charge is 0.490 e. The van der Waals surface area contributed by atoms with E-state index in [1.807, 2.05) is 0 Å². The summed E-state index contributed by atoms with van der Waals surface area (Å²) in [5.74, 6) is 0.212. The molecule has 5 heteroatoms. The highest BCUT2D eigenvalue weighted by Gasteiger charge is 2.17. The molecule has 120 valence electrons. The van der Waals surface area contributed by atoms with E-state index < -0.39 is 12.7 Å². The lowest BCUT2D eigenvalue weighted by molar-refractivity contribution is -0.0514. The fraction of sp³-hybridized carbons (Fsp3) is 0.625. The van der Waals surface area contributed by atoms with Crippen molar-refractivity contribution in [1.82, 2.24) is 0 Å². The van der Waals surface area contributed by atoms with Crippen LogP contribution in [0.15, 0.2) is 18.2 Å². The highest BCUT2D eigenvalue weighted by molar-refractivity contribution is 5.43. The molecule has 21 heavy (non-hydrogen) atoms. The Morgan fingerprint density at radius 1 is 1.19 bits per heavy atom. The molecule has 0 heterocycles. The van der Waals surface area contributed by atoms with Gasteiger partial charge < -0.3 is 14.6 Å². The zero-order chi connectivity index (χ0) is 16.0. The van der Waals surface area contributed by atoms with E-state index in [0.29, 0.717) is 18.6 Å². The van der Waals surface area contributed by atoms with Gasteiger partial charge in [-0.25, -0.2) is 0 Å². The number of benzene rings is 1. The molecule has 0 spiro atoms. The lowest BCUT2D eigenvalue weighted by Gasteiger charge is -2.21. The van der Waals surface area contributed by atoms with Crippen LogP contribution in [0.3, 0.4) is 0 Å². The second-order valence-electron chi connectivity index (χ2n) is 6.13. The Balaban J connectivity index is 2.86. The van der Waals surface area contributed by atoms with Gasteiger partial charge in [-0.1, -0.05) is 26.8 Å². The number of rotatable bonds is 7. The first-order valence-electron chi connectivity index (χ1n) is 7.12. The van der Waals surface area contributed by atoms with E-state index >= 15 is 0 Å². The van der Waals surface area contributed by atoms with E-state index in [9.17, 15) is 13.9 Å². The number of hydrogen-bond donors (Lipinski definition) is 1. The molecule has 0 aliphatic heterocycles. The zero-order valence-corrected chi connectivity index (χ0v) is 13.0. The number of alkyl halides is 2. The lowest BCUT2D eigenvalue weighted by atomic mass is 9.88. The summed E-state index contributed by atoms with van der Waals surface area (Å²) in [6.45, 7) is 5.50. The molecule has 3 nitrogen and oxygen atoms in total. The summed E-state index contributed by atoms with van der Waals surface area (Å²) in [6.07, 6.45) is 0.807. The van der Waals surface area contributed by atoms with Crippen LogP contribution < -0.4 is 9.47 Å². The highest BCUT2D eigenvalue weighted by Crippen LogP contribution is 2.34. The van der Waals surface area contributed by atoms with Crippen LogP contribution in [0, 0.1) is 5.41 Å². The summed E-state index contributed by atoms with van der Waals surface area (Å²) < 4.78 is 34.4. The van der Waals surface area contributed by atoms with Gasteiger partial charge in [0.2, 0.25) is 0 Å². The predicted molar refractivity (Wildman–Crippen MR) is 77.9 cm³/mol. The molecule has 1 atom stereocenters. The minimum Gasteiger partial charge on any atom is -0.490 e. The van der Waals surface area contributed by atoms with Crippen LogP contribution in [0.2, 0.25) is 0 Å². The number of hydrogen-bond acceptors (Lipinski definition) is 3. The molecule has 0 amide bonds. The van der Waals surface area contributed by atoms with Gasteiger partial charge in [-0.05, 0) is 42.9 Å². The maximum atomic E-state index is 12.3. The van der Waals surface area contributed by atoms with E-state index in [1.165, 1.54) is 6.07 Å². The van der Waals surface area contributed by atoms with Gasteiger partial charge in [-0.3, -0.25) is 0 Å². The first-order chi connectivity index (χ1) is 9.73. The summed E-state index contributed by atoms with van der Waals surface area (Å²) in [5.41, 5.74) is 0.770. The fourth-order valence-electron chi connectivity index (χ4n) is 1.93. The van der Waals surface area contributed by atoms with Crippen molar-refractivity contribution in [2.75, 3.05) is 6.61 Å². The average molecular weight is 302 g/mol. The zero-order valence-electron chi connectivity index (χ0n) is 13.0. The van der Waals surface area contributed by atoms with Gasteiger partial charge in [0.25, 0.3) is 0 Å². The van der Waals surface area contributed by atoms with Crippen molar-refractivity contribution in [2.45, 2.75) is 53.3 Å². The summed E-state index contributed by atoms with van der Waals surface area (Å²) in [4.78, 5) is 0. The minimum atomic E-state index is -2.90. The third-order valence-corrected chi connectivity index (χ3v) is 3.04. The molecule has 1 aromatic carbocycles. The van der Waals surface area contributed by atoms with Crippen LogP contribution in [-0.2, 0) is 0 Å². The molecular weight excluding hydrogens is 278 g/mol. The third-order valence-electron chi connectivity index (χ3n) is 3.04. The first kappa shape index (κ1) is 17.7. The number of aliphatic hydroxyl groups is 1. The van der Waals surface area contributed by atoms with Crippen LogP contribution >= 0.6 is 0 Å². The van der Waals surface area contributed by atoms with Crippen LogP contribution in [0.25, 0.3) is 0 Å². The Kier molecular flexibility index (Phi) is 6.40. The van der Waals surface area contributed by atoms with Crippen LogP contribution in [0.4, 0.5) is 8.78 Å². The molecule has 1 N–H and O–H groups in total. The molecular formula is C16H24F2O3. The van der Waals surface area contributed by atoms with E-state index in [1.54, 1.807) is 19.1 Å². The molecule has 0 saturated heterocycles. The average Bonchev–Trinajstić information content (AvgIpc) is 2.37. The van der Waals surface area contributed by atoms with Crippen LogP contribution in [-0.4, -0.2) is 18.3 Å². The van der Waals surface area contributed by atoms with Crippen molar-refractivity contribution >= 4 is 0 Å². The fourth-order valence-corrected chi connectivity index (χ4v) is 1.93. The monoisotopic (exact) mass is 302 g/mol. The highest BCUT2D eigenvalue weighted by atomic mass is 19.3. The van der Waals surface area contributed by atoms with Crippen molar-refractivity contribution in [3.63, 3.8) is 0 Å². The van der Waals surface area contributed by atoms with Gasteiger partial charge in [0.1, 0.15) is 0 Å². The van der Waals surface area contributed by atoms with Crippen molar-refractivity contribution in [1.29, 1.82) is 0 Å². The molecule has 0 saturated carbocycles. The van der Waals surface area contributed by atoms with Gasteiger partial charge >= 0.3 is 6.61 Å². The Bertz CT molecular complexity index is 442. The van der Waals surface area contributed by atoms with Crippen LogP contribution in [0.5, 0.6) is 11.5 Å². The summed E-state index contributed by atoms with van der Waals surface area (Å²) >= 11 is 0. The van der Waals surface area contributed by atoms with Crippen LogP contribution in [0.1, 0.15) is 52.2 Å². The van der Waals surface area contributed by atoms with Crippen molar-refractivity contribution < 1.29 is 23.4 Å². The predicted octanol–water partition coefficient (Wildman–Crippen LogP) is 4.55. The van der Waals surface area contributed by atoms with E-state index in [-0.39, 0.29) is 16.9 Å². The Hall–Kier alpha value is -1.36. The summed E-state index contributed by atoms with van der Waals surface area (Å²) in [5, 5.41) is 10.2. The number of halogens is 2. The molecule has 0 aliphatic carbocycles. The summed E-state index contributed by atoms with van der Waals surface area (Å²) in [6, 6.07) is 4.56. The minimum absolute atomic E-state index is 0.0152. The SMILES string of the molecule is CCOc1cc(C(O)CCC(C)(C)C)ccc1OC(F)F. The molecule has 0 aromatic heterocycles. The first-order valence-corrected chi connectivity index (χ1v) is 7.12. The van der Waals surface area contributed by atoms with Gasteiger partial charge in [-0.2, -0.15) is 8.78 Å². The van der Waals surface area contributed by atoms with Crippen molar-refractivity contribution in [2.24, 2.45) is 5.41 Å². The van der Waals surface area contributed by atoms with E-state index in [0.717, 1.165) is 6.42 Å². The number of aliphatic hydroxyl groups excluding tert-OH is 1. The number of ether oxygens (including phenoxy) is 2. The van der Waals surface area contributed by atoms with Gasteiger partial charge in [0.05, 0.1) is 12.7 Å². The lowest BCUT2D eigenvalue weighted by Crippen LogP contribution is -2.09. The Morgan fingerprint density at radius 3 is 2.38 bits per heavy atom. The summed E-state index contributed by atoms with van der Waals surface area (Å²) in [7, 11) is 0. The maximum absolute atomic E-state index is 12.3. The molecule has 0 radical (unpaired) electrons. The quantitative estimate of drug-likeness (QED) is 0.803. The van der Waals surface area contributed by atoms with Gasteiger partial charge in [-0.15, -0.1) is 0 Å². The molecule has 0 bridgehead atoms. The molecule has 1 unspecified atom stereocenters. The molecule has 0 fully saturated rings. The normalized spacial score (nSPS) is 13.3. The second-order valence-corrected chi connectivity index (χ2v) is 6.13. The Labute approximate surface area is 124 Å². The van der Waals surface area contributed by atoms with Crippen molar-refractivity contribution in [3.8, 4) is 11.5 Å². The standard InChI is InChI=1S/C16H24F2O3/c1-5-20-14-10-11(6-7-13(14)21-15(17)18)12(19)8-9-16(2,3)4/h6-7,10,12,15,19H,5,8-9H2,1-4H3. The van der Waals surface area contributed by atoms with Gasteiger partial charge in [0.15, 0.2) is 11.5 Å². The van der Waals surface area contributed by atoms with Crippen molar-refractivity contribution in [3.05, 3.63) is 23.8 Å². The third kappa shape index (κ3) is 6.29. The molecule has 0 aliphatic rings. The second kappa shape index (κ2) is 7.59. The van der Waals surface area contributed by atoms with E-state index in [2.05, 4.69) is 25.5 Å². The Morgan fingerprint density at radius 2 is 1.86 bits per heavy atom. The van der Waals surface area contributed by atoms with Gasteiger partial charge in [0, 0.05) is 0 Å². The topological polar surface area (TPSA) is 38.7 Å². The smallest absolute Gasteiger partial charge is 0.387 e. The maximum Gasteiger partial charge on any atom is 0.387 e. The molecule has 1 rings (SSSR count). The van der Waals surface area contributed by atoms with E-state index in [4.69, 9.17) is 4.74 Å². The molecule has 1 aromatic rings.